The van der Waals surface area contributed by atoms with Gasteiger partial charge in [0, 0.05) is 16.8 Å². The van der Waals surface area contributed by atoms with E-state index in [4.69, 9.17) is 0 Å². The van der Waals surface area contributed by atoms with Gasteiger partial charge in [0.1, 0.15) is 0 Å². The SMILES string of the molecule is O=C(NC1CC1)SS. The summed E-state index contributed by atoms with van der Waals surface area (Å²) in [5.41, 5.74) is 0. The second-order valence-corrected chi connectivity index (χ2v) is 2.90. The Kier molecular flexibility index (Phi) is 2.08. The van der Waals surface area contributed by atoms with E-state index in [-0.39, 0.29) is 5.24 Å². The summed E-state index contributed by atoms with van der Waals surface area (Å²) in [6, 6.07) is 0.460. The van der Waals surface area contributed by atoms with Crippen molar-refractivity contribution in [1.29, 1.82) is 0 Å². The van der Waals surface area contributed by atoms with Crippen molar-refractivity contribution in [3.05, 3.63) is 0 Å². The molecule has 1 fully saturated rings. The standard InChI is InChI=1S/C4H7NOS2/c6-4(8-7)5-3-1-2-3/h3,7H,1-2H2,(H,5,6). The van der Waals surface area contributed by atoms with Crippen LogP contribution in [0.2, 0.25) is 0 Å². The predicted molar refractivity (Wildman–Crippen MR) is 38.1 cm³/mol. The summed E-state index contributed by atoms with van der Waals surface area (Å²) in [6.45, 7) is 0. The third-order valence-corrected chi connectivity index (χ3v) is 1.76. The molecular weight excluding hydrogens is 142 g/mol. The third-order valence-electron chi connectivity index (χ3n) is 0.982. The van der Waals surface area contributed by atoms with E-state index < -0.39 is 0 Å². The summed E-state index contributed by atoms with van der Waals surface area (Å²) >= 11 is 3.72. The zero-order valence-electron chi connectivity index (χ0n) is 4.26. The zero-order chi connectivity index (χ0) is 5.98. The maximum Gasteiger partial charge on any atom is 0.289 e. The highest BCUT2D eigenvalue weighted by molar-refractivity contribution is 8.74. The van der Waals surface area contributed by atoms with E-state index in [1.165, 1.54) is 0 Å². The van der Waals surface area contributed by atoms with Crippen molar-refractivity contribution in [2.24, 2.45) is 0 Å². The quantitative estimate of drug-likeness (QED) is 0.436. The van der Waals surface area contributed by atoms with Crippen LogP contribution in [0.4, 0.5) is 4.79 Å². The van der Waals surface area contributed by atoms with Crippen LogP contribution in [0.5, 0.6) is 0 Å². The molecular formula is C4H7NOS2. The van der Waals surface area contributed by atoms with Gasteiger partial charge in [-0.3, -0.25) is 4.79 Å². The van der Waals surface area contributed by atoms with Gasteiger partial charge in [0.25, 0.3) is 5.24 Å². The van der Waals surface area contributed by atoms with Crippen LogP contribution in [0, 0.1) is 0 Å². The molecule has 0 radical (unpaired) electrons. The summed E-state index contributed by atoms with van der Waals surface area (Å²) in [6.07, 6.45) is 2.28. The molecule has 0 heterocycles. The molecule has 0 saturated heterocycles. The largest absolute Gasteiger partial charge is 0.344 e. The van der Waals surface area contributed by atoms with Crippen LogP contribution in [-0.4, -0.2) is 11.3 Å². The molecule has 1 saturated carbocycles. The molecule has 1 N–H and O–H groups in total. The first-order valence-corrected chi connectivity index (χ1v) is 4.31. The van der Waals surface area contributed by atoms with E-state index in [1.54, 1.807) is 0 Å². The molecule has 0 aromatic heterocycles. The van der Waals surface area contributed by atoms with Gasteiger partial charge < -0.3 is 5.32 Å². The molecule has 4 heteroatoms. The molecule has 8 heavy (non-hydrogen) atoms. The first-order valence-electron chi connectivity index (χ1n) is 2.45. The number of hydrogen-bond donors (Lipinski definition) is 2. The minimum atomic E-state index is -0.0316. The molecule has 1 aliphatic carbocycles. The van der Waals surface area contributed by atoms with E-state index in [0.717, 1.165) is 23.6 Å². The van der Waals surface area contributed by atoms with Crippen molar-refractivity contribution >= 4 is 27.7 Å². The maximum absolute atomic E-state index is 10.4. The van der Waals surface area contributed by atoms with Gasteiger partial charge in [0.15, 0.2) is 0 Å². The van der Waals surface area contributed by atoms with E-state index in [0.29, 0.717) is 6.04 Å². The number of nitrogens with one attached hydrogen (secondary N) is 1. The van der Waals surface area contributed by atoms with Gasteiger partial charge in [-0.25, -0.2) is 0 Å². The monoisotopic (exact) mass is 149 g/mol. The Morgan fingerprint density at radius 1 is 1.75 bits per heavy atom. The highest BCUT2D eigenvalue weighted by Gasteiger charge is 2.22. The van der Waals surface area contributed by atoms with Crippen molar-refractivity contribution < 1.29 is 4.79 Å². The summed E-state index contributed by atoms with van der Waals surface area (Å²) in [5.74, 6) is 0. The lowest BCUT2D eigenvalue weighted by Crippen LogP contribution is -2.19. The Bertz CT molecular complexity index is 102. The second-order valence-electron chi connectivity index (χ2n) is 1.80. The molecule has 46 valence electrons. The normalized spacial score (nSPS) is 18.1. The molecule has 0 bridgehead atoms. The molecule has 0 aliphatic heterocycles. The van der Waals surface area contributed by atoms with Crippen LogP contribution >= 0.6 is 22.5 Å². The van der Waals surface area contributed by atoms with Gasteiger partial charge in [-0.05, 0) is 12.8 Å². The summed E-state index contributed by atoms with van der Waals surface area (Å²) < 4.78 is 0. The minimum absolute atomic E-state index is 0.0316. The van der Waals surface area contributed by atoms with E-state index in [1.807, 2.05) is 0 Å². The van der Waals surface area contributed by atoms with Crippen LogP contribution < -0.4 is 5.32 Å². The molecule has 1 amide bonds. The first-order chi connectivity index (χ1) is 3.83. The second kappa shape index (κ2) is 2.64. The fourth-order valence-electron chi connectivity index (χ4n) is 0.421. The highest BCUT2D eigenvalue weighted by atomic mass is 33.1. The fourth-order valence-corrected chi connectivity index (χ4v) is 0.798. The molecule has 0 atom stereocenters. The van der Waals surface area contributed by atoms with Crippen molar-refractivity contribution in [2.45, 2.75) is 18.9 Å². The minimum Gasteiger partial charge on any atom is -0.344 e. The number of carbonyl (C=O) groups is 1. The van der Waals surface area contributed by atoms with E-state index in [9.17, 15) is 4.79 Å². The smallest absolute Gasteiger partial charge is 0.289 e. The first kappa shape index (κ1) is 6.29. The number of amides is 1. The molecule has 1 aliphatic rings. The lowest BCUT2D eigenvalue weighted by molar-refractivity contribution is 0.260. The van der Waals surface area contributed by atoms with Gasteiger partial charge in [0.2, 0.25) is 0 Å². The number of thiol groups is 1. The number of carbonyl (C=O) groups excluding carboxylic acids is 1. The van der Waals surface area contributed by atoms with Gasteiger partial charge in [0.05, 0.1) is 0 Å². The van der Waals surface area contributed by atoms with Crippen molar-refractivity contribution in [3.8, 4) is 0 Å². The Balaban J connectivity index is 2.07. The molecule has 0 aromatic rings. The van der Waals surface area contributed by atoms with Crippen molar-refractivity contribution in [2.75, 3.05) is 0 Å². The molecule has 0 spiro atoms. The lowest BCUT2D eigenvalue weighted by Gasteiger charge is -1.94. The van der Waals surface area contributed by atoms with Gasteiger partial charge in [-0.1, -0.05) is 0 Å². The molecule has 0 aromatic carbocycles. The van der Waals surface area contributed by atoms with Crippen LogP contribution in [0.25, 0.3) is 0 Å². The van der Waals surface area contributed by atoms with Gasteiger partial charge in [-0.2, -0.15) is 0 Å². The summed E-state index contributed by atoms with van der Waals surface area (Å²) in [7, 11) is 0.938. The van der Waals surface area contributed by atoms with Crippen LogP contribution in [0.3, 0.4) is 0 Å². The fraction of sp³-hybridized carbons (Fsp3) is 0.750. The molecule has 2 nitrogen and oxygen atoms in total. The number of hydrogen-bond acceptors (Lipinski definition) is 3. The van der Waals surface area contributed by atoms with Crippen LogP contribution in [0.1, 0.15) is 12.8 Å². The van der Waals surface area contributed by atoms with E-state index in [2.05, 4.69) is 17.0 Å². The van der Waals surface area contributed by atoms with E-state index >= 15 is 0 Å². The predicted octanol–water partition coefficient (Wildman–Crippen LogP) is 1.44. The Labute approximate surface area is 57.2 Å². The third kappa shape index (κ3) is 1.96. The average Bonchev–Trinajstić information content (AvgIpc) is 2.50. The lowest BCUT2D eigenvalue weighted by atomic mass is 10.7. The molecule has 0 unspecified atom stereocenters. The maximum atomic E-state index is 10.4. The Hall–Kier alpha value is 0.170. The van der Waals surface area contributed by atoms with Gasteiger partial charge >= 0.3 is 0 Å². The van der Waals surface area contributed by atoms with Crippen LogP contribution in [0.15, 0.2) is 0 Å². The Morgan fingerprint density at radius 2 is 2.38 bits per heavy atom. The van der Waals surface area contributed by atoms with Crippen molar-refractivity contribution in [3.63, 3.8) is 0 Å². The van der Waals surface area contributed by atoms with Crippen molar-refractivity contribution in [1.82, 2.24) is 5.32 Å². The number of rotatable bonds is 1. The summed E-state index contributed by atoms with van der Waals surface area (Å²) in [5, 5.41) is 2.72. The Morgan fingerprint density at radius 3 is 2.75 bits per heavy atom. The topological polar surface area (TPSA) is 29.1 Å². The van der Waals surface area contributed by atoms with Crippen LogP contribution in [-0.2, 0) is 0 Å². The highest BCUT2D eigenvalue weighted by Crippen LogP contribution is 2.20. The zero-order valence-corrected chi connectivity index (χ0v) is 5.97. The summed E-state index contributed by atoms with van der Waals surface area (Å²) in [4.78, 5) is 10.4. The average molecular weight is 149 g/mol. The molecule has 1 rings (SSSR count). The van der Waals surface area contributed by atoms with Gasteiger partial charge in [-0.15, -0.1) is 11.7 Å².